The monoisotopic (exact) mass is 415 g/mol. The van der Waals surface area contributed by atoms with Gasteiger partial charge in [0.15, 0.2) is 5.58 Å². The molecule has 0 radical (unpaired) electrons. The molecule has 0 bridgehead atoms. The van der Waals surface area contributed by atoms with Gasteiger partial charge in [0.2, 0.25) is 5.89 Å². The van der Waals surface area contributed by atoms with Crippen molar-refractivity contribution < 1.29 is 14.4 Å². The van der Waals surface area contributed by atoms with Crippen LogP contribution in [0.4, 0.5) is 11.4 Å². The largest absolute Gasteiger partial charge is 0.507 e. The molecular formula is C24H21N3O4. The number of hydrogen-bond acceptors (Lipinski definition) is 6. The quantitative estimate of drug-likeness (QED) is 0.224. The van der Waals surface area contributed by atoms with Crippen molar-refractivity contribution in [3.8, 4) is 17.2 Å². The maximum Gasteiger partial charge on any atom is 0.270 e. The lowest BCUT2D eigenvalue weighted by atomic mass is 9.98. The molecule has 0 aliphatic carbocycles. The number of nitro benzene ring substituents is 1. The summed E-state index contributed by atoms with van der Waals surface area (Å²) in [7, 11) is 0. The normalized spacial score (nSPS) is 12.5. The van der Waals surface area contributed by atoms with E-state index in [0.717, 1.165) is 23.1 Å². The Hall–Kier alpha value is -4.00. The summed E-state index contributed by atoms with van der Waals surface area (Å²) in [4.78, 5) is 19.3. The number of oxazole rings is 1. The molecular weight excluding hydrogens is 394 g/mol. The van der Waals surface area contributed by atoms with E-state index in [9.17, 15) is 15.2 Å². The van der Waals surface area contributed by atoms with Gasteiger partial charge in [0.1, 0.15) is 11.3 Å². The summed E-state index contributed by atoms with van der Waals surface area (Å²) in [5.74, 6) is 0.921. The van der Waals surface area contributed by atoms with Gasteiger partial charge in [0.05, 0.1) is 10.6 Å². The van der Waals surface area contributed by atoms with Crippen LogP contribution in [0.2, 0.25) is 0 Å². The average molecular weight is 415 g/mol. The van der Waals surface area contributed by atoms with Gasteiger partial charge in [-0.1, -0.05) is 19.9 Å². The second-order valence-electron chi connectivity index (χ2n) is 7.36. The fraction of sp³-hybridized carbons (Fsp3) is 0.167. The molecule has 0 saturated heterocycles. The van der Waals surface area contributed by atoms with E-state index in [1.54, 1.807) is 12.1 Å². The number of aliphatic imine (C=N–C) groups is 1. The molecule has 0 spiro atoms. The highest BCUT2D eigenvalue weighted by molar-refractivity contribution is 5.86. The third-order valence-corrected chi connectivity index (χ3v) is 5.28. The van der Waals surface area contributed by atoms with Crippen LogP contribution in [0.15, 0.2) is 70.1 Å². The van der Waals surface area contributed by atoms with Gasteiger partial charge >= 0.3 is 0 Å². The maximum absolute atomic E-state index is 10.9. The molecule has 156 valence electrons. The van der Waals surface area contributed by atoms with Crippen LogP contribution in [0.3, 0.4) is 0 Å². The number of phenols is 1. The van der Waals surface area contributed by atoms with E-state index in [2.05, 4.69) is 36.0 Å². The highest BCUT2D eigenvalue weighted by Crippen LogP contribution is 2.29. The van der Waals surface area contributed by atoms with Crippen molar-refractivity contribution in [2.45, 2.75) is 26.2 Å². The summed E-state index contributed by atoms with van der Waals surface area (Å²) in [6.07, 6.45) is 2.46. The van der Waals surface area contributed by atoms with Crippen LogP contribution in [-0.2, 0) is 0 Å². The van der Waals surface area contributed by atoms with Gasteiger partial charge in [0, 0.05) is 29.5 Å². The highest BCUT2D eigenvalue weighted by atomic mass is 16.6. The van der Waals surface area contributed by atoms with Crippen LogP contribution in [-0.4, -0.2) is 21.2 Å². The van der Waals surface area contributed by atoms with Gasteiger partial charge < -0.3 is 9.52 Å². The number of nitro groups is 1. The summed E-state index contributed by atoms with van der Waals surface area (Å²) in [6.45, 7) is 4.35. The number of phenolic OH excluding ortho intramolecular Hbond substituents is 1. The van der Waals surface area contributed by atoms with Crippen molar-refractivity contribution in [1.29, 1.82) is 0 Å². The summed E-state index contributed by atoms with van der Waals surface area (Å²) in [6, 6.07) is 17.2. The van der Waals surface area contributed by atoms with Gasteiger partial charge in [-0.15, -0.1) is 0 Å². The van der Waals surface area contributed by atoms with Crippen molar-refractivity contribution in [2.75, 3.05) is 0 Å². The Kier molecular flexibility index (Phi) is 5.49. The molecule has 0 fully saturated rings. The molecule has 3 aromatic carbocycles. The SMILES string of the molecule is CC[C@@H](C)c1ccc2oc(-c3ccc(N=Cc4cc([N+](=O)[O-])ccc4O)cc3)nc2c1. The van der Waals surface area contributed by atoms with Crippen LogP contribution >= 0.6 is 0 Å². The van der Waals surface area contributed by atoms with E-state index < -0.39 is 4.92 Å². The Balaban J connectivity index is 1.56. The van der Waals surface area contributed by atoms with E-state index in [0.29, 0.717) is 17.5 Å². The molecule has 1 aromatic heterocycles. The predicted octanol–water partition coefficient (Wildman–Crippen LogP) is 6.37. The molecule has 1 N–H and O–H groups in total. The lowest BCUT2D eigenvalue weighted by Gasteiger charge is -2.07. The van der Waals surface area contributed by atoms with Crippen LogP contribution in [0.1, 0.15) is 37.3 Å². The molecule has 7 nitrogen and oxygen atoms in total. The van der Waals surface area contributed by atoms with Crippen molar-refractivity contribution in [1.82, 2.24) is 4.98 Å². The summed E-state index contributed by atoms with van der Waals surface area (Å²) in [5, 5.41) is 20.8. The van der Waals surface area contributed by atoms with E-state index >= 15 is 0 Å². The Morgan fingerprint density at radius 2 is 1.94 bits per heavy atom. The number of aromatic hydroxyl groups is 1. The minimum Gasteiger partial charge on any atom is -0.507 e. The number of hydrogen-bond donors (Lipinski definition) is 1. The fourth-order valence-electron chi connectivity index (χ4n) is 3.20. The molecule has 0 amide bonds. The Bertz CT molecular complexity index is 1280. The first-order valence-electron chi connectivity index (χ1n) is 9.97. The Morgan fingerprint density at radius 1 is 1.16 bits per heavy atom. The lowest BCUT2D eigenvalue weighted by molar-refractivity contribution is -0.384. The third kappa shape index (κ3) is 4.30. The van der Waals surface area contributed by atoms with E-state index in [4.69, 9.17) is 4.42 Å². The second-order valence-corrected chi connectivity index (χ2v) is 7.36. The molecule has 31 heavy (non-hydrogen) atoms. The highest BCUT2D eigenvalue weighted by Gasteiger charge is 2.11. The topological polar surface area (TPSA) is 102 Å². The second kappa shape index (κ2) is 8.39. The van der Waals surface area contributed by atoms with Gasteiger partial charge in [0.25, 0.3) is 5.69 Å². The van der Waals surface area contributed by atoms with Crippen molar-refractivity contribution in [2.24, 2.45) is 4.99 Å². The van der Waals surface area contributed by atoms with Crippen LogP contribution in [0.5, 0.6) is 5.75 Å². The smallest absolute Gasteiger partial charge is 0.270 e. The Morgan fingerprint density at radius 3 is 2.65 bits per heavy atom. The fourth-order valence-corrected chi connectivity index (χ4v) is 3.20. The standard InChI is InChI=1S/C24H21N3O4/c1-3-15(2)17-6-11-23-21(13-17)26-24(31-23)16-4-7-19(8-5-16)25-14-18-12-20(27(29)30)9-10-22(18)28/h4-15,28H,3H2,1-2H3/t15-/m1/s1. The third-order valence-electron chi connectivity index (χ3n) is 5.28. The van der Waals surface area contributed by atoms with E-state index in [1.807, 2.05) is 18.2 Å². The van der Waals surface area contributed by atoms with Gasteiger partial charge in [-0.05, 0) is 60.4 Å². The first kappa shape index (κ1) is 20.3. The molecule has 4 rings (SSSR count). The minimum absolute atomic E-state index is 0.0748. The summed E-state index contributed by atoms with van der Waals surface area (Å²) in [5.41, 5.74) is 4.42. The van der Waals surface area contributed by atoms with Crippen LogP contribution in [0.25, 0.3) is 22.6 Å². The molecule has 7 heteroatoms. The molecule has 0 aliphatic rings. The van der Waals surface area contributed by atoms with E-state index in [-0.39, 0.29) is 17.0 Å². The minimum atomic E-state index is -0.516. The zero-order valence-electron chi connectivity index (χ0n) is 17.1. The summed E-state index contributed by atoms with van der Waals surface area (Å²) < 4.78 is 5.90. The van der Waals surface area contributed by atoms with Crippen molar-refractivity contribution in [3.05, 3.63) is 81.9 Å². The van der Waals surface area contributed by atoms with Gasteiger partial charge in [-0.2, -0.15) is 0 Å². The molecule has 1 atom stereocenters. The van der Waals surface area contributed by atoms with Gasteiger partial charge in [-0.3, -0.25) is 15.1 Å². The zero-order chi connectivity index (χ0) is 22.0. The number of benzene rings is 3. The molecule has 0 aliphatic heterocycles. The number of rotatable bonds is 6. The maximum atomic E-state index is 10.9. The zero-order valence-corrected chi connectivity index (χ0v) is 17.1. The average Bonchev–Trinajstić information content (AvgIpc) is 3.21. The number of nitrogens with zero attached hydrogens (tertiary/aromatic N) is 3. The number of non-ortho nitro benzene ring substituents is 1. The summed E-state index contributed by atoms with van der Waals surface area (Å²) >= 11 is 0. The first-order valence-corrected chi connectivity index (χ1v) is 9.97. The first-order chi connectivity index (χ1) is 14.9. The lowest BCUT2D eigenvalue weighted by Crippen LogP contribution is -1.90. The van der Waals surface area contributed by atoms with Crippen LogP contribution in [0, 0.1) is 10.1 Å². The molecule has 0 saturated carbocycles. The molecule has 0 unspecified atom stereocenters. The van der Waals surface area contributed by atoms with Crippen molar-refractivity contribution in [3.63, 3.8) is 0 Å². The van der Waals surface area contributed by atoms with Crippen molar-refractivity contribution >= 4 is 28.7 Å². The Labute approximate surface area is 178 Å². The van der Waals surface area contributed by atoms with Crippen LogP contribution < -0.4 is 0 Å². The number of fused-ring (bicyclic) bond motifs is 1. The molecule has 4 aromatic rings. The molecule has 1 heterocycles. The predicted molar refractivity (Wildman–Crippen MR) is 120 cm³/mol. The number of aromatic nitrogens is 1. The van der Waals surface area contributed by atoms with Gasteiger partial charge in [-0.25, -0.2) is 4.98 Å². The van der Waals surface area contributed by atoms with E-state index in [1.165, 1.54) is 30.0 Å².